The number of methoxy groups -OCH3 is 1. The largest absolute Gasteiger partial charge is 0.481 e. The van der Waals surface area contributed by atoms with Crippen LogP contribution in [0.15, 0.2) is 18.3 Å². The Bertz CT molecular complexity index is 493. The molecular formula is C14H21N3O4. The van der Waals surface area contributed by atoms with Gasteiger partial charge in [-0.3, -0.25) is 4.79 Å². The van der Waals surface area contributed by atoms with E-state index in [0.29, 0.717) is 18.8 Å². The number of pyridine rings is 1. The van der Waals surface area contributed by atoms with Crippen molar-refractivity contribution in [1.29, 1.82) is 0 Å². The second kappa shape index (κ2) is 8.08. The molecule has 1 aromatic heterocycles. The van der Waals surface area contributed by atoms with Crippen molar-refractivity contribution in [1.82, 2.24) is 15.2 Å². The van der Waals surface area contributed by atoms with Crippen LogP contribution in [0.5, 0.6) is 5.88 Å². The van der Waals surface area contributed by atoms with E-state index in [1.54, 1.807) is 33.3 Å². The fraction of sp³-hybridized carbons (Fsp3) is 0.500. The van der Waals surface area contributed by atoms with E-state index in [0.717, 1.165) is 5.56 Å². The van der Waals surface area contributed by atoms with Crippen LogP contribution in [0.4, 0.5) is 4.79 Å². The van der Waals surface area contributed by atoms with Gasteiger partial charge in [-0.1, -0.05) is 13.0 Å². The smallest absolute Gasteiger partial charge is 0.317 e. The van der Waals surface area contributed by atoms with E-state index in [1.165, 1.54) is 4.90 Å². The van der Waals surface area contributed by atoms with Crippen molar-refractivity contribution in [2.45, 2.75) is 13.3 Å². The zero-order valence-corrected chi connectivity index (χ0v) is 12.5. The number of aromatic nitrogens is 1. The fourth-order valence-corrected chi connectivity index (χ4v) is 1.81. The molecule has 0 saturated carbocycles. The molecule has 1 aromatic rings. The summed E-state index contributed by atoms with van der Waals surface area (Å²) in [6.45, 7) is 2.15. The van der Waals surface area contributed by atoms with Crippen LogP contribution >= 0.6 is 0 Å². The van der Waals surface area contributed by atoms with Crippen molar-refractivity contribution >= 4 is 12.0 Å². The van der Waals surface area contributed by atoms with E-state index in [-0.39, 0.29) is 12.6 Å². The second-order valence-electron chi connectivity index (χ2n) is 4.77. The standard InChI is InChI=1S/C14H21N3O4/c1-10(13(18)19)9-17(2)14(20)16-8-6-11-5-4-7-15-12(11)21-3/h4-5,7,10H,6,8-9H2,1-3H3,(H,16,20)(H,18,19). The lowest BCUT2D eigenvalue weighted by atomic mass is 10.2. The average Bonchev–Trinajstić information content (AvgIpc) is 2.47. The Hall–Kier alpha value is -2.31. The van der Waals surface area contributed by atoms with Gasteiger partial charge < -0.3 is 20.1 Å². The molecule has 0 aliphatic carbocycles. The molecule has 0 radical (unpaired) electrons. The number of nitrogens with one attached hydrogen (secondary N) is 1. The molecule has 1 unspecified atom stereocenters. The van der Waals surface area contributed by atoms with Gasteiger partial charge in [0.25, 0.3) is 0 Å². The van der Waals surface area contributed by atoms with Gasteiger partial charge in [-0.25, -0.2) is 9.78 Å². The fourth-order valence-electron chi connectivity index (χ4n) is 1.81. The van der Waals surface area contributed by atoms with Crippen molar-refractivity contribution in [3.8, 4) is 5.88 Å². The molecular weight excluding hydrogens is 274 g/mol. The van der Waals surface area contributed by atoms with Crippen LogP contribution in [-0.2, 0) is 11.2 Å². The molecule has 1 atom stereocenters. The molecule has 0 saturated heterocycles. The third-order valence-corrected chi connectivity index (χ3v) is 3.03. The molecule has 0 aromatic carbocycles. The van der Waals surface area contributed by atoms with E-state index in [2.05, 4.69) is 10.3 Å². The molecule has 1 rings (SSSR count). The first-order valence-electron chi connectivity index (χ1n) is 6.65. The minimum absolute atomic E-state index is 0.164. The van der Waals surface area contributed by atoms with Crippen molar-refractivity contribution < 1.29 is 19.4 Å². The maximum atomic E-state index is 11.8. The number of amides is 2. The summed E-state index contributed by atoms with van der Waals surface area (Å²) in [4.78, 5) is 28.0. The summed E-state index contributed by atoms with van der Waals surface area (Å²) < 4.78 is 5.13. The van der Waals surface area contributed by atoms with Gasteiger partial charge in [0.2, 0.25) is 5.88 Å². The molecule has 2 amide bonds. The summed E-state index contributed by atoms with van der Waals surface area (Å²) in [5, 5.41) is 11.6. The molecule has 7 heteroatoms. The molecule has 7 nitrogen and oxygen atoms in total. The van der Waals surface area contributed by atoms with Crippen molar-refractivity contribution in [3.63, 3.8) is 0 Å². The zero-order valence-electron chi connectivity index (χ0n) is 12.5. The number of carbonyl (C=O) groups excluding carboxylic acids is 1. The van der Waals surface area contributed by atoms with Gasteiger partial charge in [-0.05, 0) is 12.5 Å². The normalized spacial score (nSPS) is 11.6. The zero-order chi connectivity index (χ0) is 15.8. The van der Waals surface area contributed by atoms with E-state index >= 15 is 0 Å². The Balaban J connectivity index is 2.41. The lowest BCUT2D eigenvalue weighted by molar-refractivity contribution is -0.141. The third-order valence-electron chi connectivity index (χ3n) is 3.03. The van der Waals surface area contributed by atoms with Crippen LogP contribution < -0.4 is 10.1 Å². The highest BCUT2D eigenvalue weighted by molar-refractivity contribution is 5.75. The summed E-state index contributed by atoms with van der Waals surface area (Å²) in [6, 6.07) is 3.39. The van der Waals surface area contributed by atoms with Crippen LogP contribution in [0.1, 0.15) is 12.5 Å². The van der Waals surface area contributed by atoms with Crippen LogP contribution in [0.2, 0.25) is 0 Å². The number of carbonyl (C=O) groups is 2. The molecule has 2 N–H and O–H groups in total. The number of rotatable bonds is 7. The first-order chi connectivity index (χ1) is 9.95. The summed E-state index contributed by atoms with van der Waals surface area (Å²) in [6.07, 6.45) is 2.23. The molecule has 116 valence electrons. The summed E-state index contributed by atoms with van der Waals surface area (Å²) >= 11 is 0. The van der Waals surface area contributed by atoms with Gasteiger partial charge in [0.1, 0.15) is 0 Å². The number of hydrogen-bond donors (Lipinski definition) is 2. The Morgan fingerprint density at radius 3 is 2.86 bits per heavy atom. The van der Waals surface area contributed by atoms with Gasteiger partial charge >= 0.3 is 12.0 Å². The number of ether oxygens (including phenoxy) is 1. The molecule has 0 fully saturated rings. The number of carboxylic acids is 1. The van der Waals surface area contributed by atoms with Gasteiger partial charge in [0.05, 0.1) is 13.0 Å². The first kappa shape index (κ1) is 16.7. The van der Waals surface area contributed by atoms with E-state index in [1.807, 2.05) is 6.07 Å². The lowest BCUT2D eigenvalue weighted by Crippen LogP contribution is -2.41. The highest BCUT2D eigenvalue weighted by atomic mass is 16.5. The molecule has 1 heterocycles. The van der Waals surface area contributed by atoms with Crippen LogP contribution in [0.3, 0.4) is 0 Å². The second-order valence-corrected chi connectivity index (χ2v) is 4.77. The first-order valence-corrected chi connectivity index (χ1v) is 6.65. The predicted molar refractivity (Wildman–Crippen MR) is 77.3 cm³/mol. The monoisotopic (exact) mass is 295 g/mol. The summed E-state index contributed by atoms with van der Waals surface area (Å²) in [5.74, 6) is -0.978. The molecule has 0 aliphatic rings. The highest BCUT2D eigenvalue weighted by Crippen LogP contribution is 2.13. The van der Waals surface area contributed by atoms with E-state index in [9.17, 15) is 9.59 Å². The highest BCUT2D eigenvalue weighted by Gasteiger charge is 2.17. The van der Waals surface area contributed by atoms with Gasteiger partial charge in [0.15, 0.2) is 0 Å². The molecule has 21 heavy (non-hydrogen) atoms. The number of nitrogens with zero attached hydrogens (tertiary/aromatic N) is 2. The number of aliphatic carboxylic acids is 1. The van der Waals surface area contributed by atoms with Crippen molar-refractivity contribution in [2.75, 3.05) is 27.2 Å². The number of hydrogen-bond acceptors (Lipinski definition) is 4. The van der Waals surface area contributed by atoms with Gasteiger partial charge in [-0.15, -0.1) is 0 Å². The molecule has 0 aliphatic heterocycles. The average molecular weight is 295 g/mol. The number of urea groups is 1. The SMILES string of the molecule is COc1ncccc1CCNC(=O)N(C)CC(C)C(=O)O. The molecule has 0 bridgehead atoms. The van der Waals surface area contributed by atoms with Crippen LogP contribution in [0.25, 0.3) is 0 Å². The quantitative estimate of drug-likeness (QED) is 0.783. The maximum absolute atomic E-state index is 11.8. The van der Waals surface area contributed by atoms with Crippen molar-refractivity contribution in [2.24, 2.45) is 5.92 Å². The lowest BCUT2D eigenvalue weighted by Gasteiger charge is -2.20. The topological polar surface area (TPSA) is 91.8 Å². The van der Waals surface area contributed by atoms with E-state index in [4.69, 9.17) is 9.84 Å². The molecule has 0 spiro atoms. The minimum Gasteiger partial charge on any atom is -0.481 e. The predicted octanol–water partition coefficient (Wildman–Crippen LogP) is 0.995. The summed E-state index contributed by atoms with van der Waals surface area (Å²) in [5.41, 5.74) is 0.904. The third kappa shape index (κ3) is 5.29. The van der Waals surface area contributed by atoms with Crippen molar-refractivity contribution in [3.05, 3.63) is 23.9 Å². The number of carboxylic acid groups (broad SMARTS) is 1. The Morgan fingerprint density at radius 1 is 1.52 bits per heavy atom. The van der Waals surface area contributed by atoms with Crippen LogP contribution in [-0.4, -0.2) is 54.2 Å². The Morgan fingerprint density at radius 2 is 2.24 bits per heavy atom. The van der Waals surface area contributed by atoms with Crippen LogP contribution in [0, 0.1) is 5.92 Å². The minimum atomic E-state index is -0.922. The maximum Gasteiger partial charge on any atom is 0.317 e. The Labute approximate surface area is 123 Å². The summed E-state index contributed by atoms with van der Waals surface area (Å²) in [7, 11) is 3.12. The van der Waals surface area contributed by atoms with Gasteiger partial charge in [0, 0.05) is 31.9 Å². The van der Waals surface area contributed by atoms with E-state index < -0.39 is 11.9 Å². The van der Waals surface area contributed by atoms with Gasteiger partial charge in [-0.2, -0.15) is 0 Å². The Kier molecular flexibility index (Phi) is 6.45.